The van der Waals surface area contributed by atoms with Gasteiger partial charge in [-0.3, -0.25) is 9.78 Å². The fourth-order valence-electron chi connectivity index (χ4n) is 3.28. The van der Waals surface area contributed by atoms with E-state index >= 15 is 0 Å². The number of halogens is 3. The van der Waals surface area contributed by atoms with E-state index in [4.69, 9.17) is 9.47 Å². The van der Waals surface area contributed by atoms with Crippen LogP contribution in [-0.2, 0) is 12.6 Å². The lowest BCUT2D eigenvalue weighted by Gasteiger charge is -2.16. The second-order valence-electron chi connectivity index (χ2n) is 7.93. The third-order valence-electron chi connectivity index (χ3n) is 5.27. The van der Waals surface area contributed by atoms with Gasteiger partial charge in [-0.2, -0.15) is 18.4 Å². The molecule has 1 unspecified atom stereocenters. The Balaban J connectivity index is 1.44. The molecule has 1 aromatic carbocycles. The average molecular weight is 524 g/mol. The number of nitrogens with zero attached hydrogens (tertiary/aromatic N) is 6. The van der Waals surface area contributed by atoms with Gasteiger partial charge in [-0.15, -0.1) is 0 Å². The molecular weight excluding hydrogens is 505 g/mol. The van der Waals surface area contributed by atoms with Crippen LogP contribution >= 0.6 is 0 Å². The van der Waals surface area contributed by atoms with Crippen LogP contribution in [0.4, 0.5) is 19.1 Å². The minimum absolute atomic E-state index is 0.0709. The van der Waals surface area contributed by atoms with Crippen molar-refractivity contribution < 1.29 is 22.6 Å². The van der Waals surface area contributed by atoms with Gasteiger partial charge in [0.1, 0.15) is 11.8 Å². The number of benzene rings is 1. The molecule has 0 amide bonds. The van der Waals surface area contributed by atoms with Gasteiger partial charge in [-0.05, 0) is 30.2 Å². The number of hydrogen-bond acceptors (Lipinski definition) is 10. The maximum Gasteiger partial charge on any atom is 0.419 e. The molecule has 0 bridgehead atoms. The van der Waals surface area contributed by atoms with E-state index in [1.807, 2.05) is 6.07 Å². The highest BCUT2D eigenvalue weighted by atomic mass is 19.4. The number of nitrogens with one attached hydrogen (secondary N) is 2. The molecule has 14 heteroatoms. The first-order valence-electron chi connectivity index (χ1n) is 11.0. The zero-order chi connectivity index (χ0) is 27.3. The zero-order valence-corrected chi connectivity index (χ0v) is 19.9. The van der Waals surface area contributed by atoms with Crippen molar-refractivity contribution in [2.75, 3.05) is 12.4 Å². The number of ether oxygens (including phenoxy) is 2. The van der Waals surface area contributed by atoms with Crippen molar-refractivity contribution in [2.45, 2.75) is 25.6 Å². The molecule has 0 fully saturated rings. The number of H-pyrrole nitrogens is 1. The number of aromatic nitrogens is 6. The van der Waals surface area contributed by atoms with Crippen LogP contribution in [0.2, 0.25) is 0 Å². The van der Waals surface area contributed by atoms with Crippen molar-refractivity contribution in [3.8, 4) is 23.8 Å². The smallest absolute Gasteiger partial charge is 0.419 e. The summed E-state index contributed by atoms with van der Waals surface area (Å²) in [6.45, 7) is 1.79. The molecule has 4 rings (SSSR count). The molecule has 0 saturated carbocycles. The van der Waals surface area contributed by atoms with Crippen LogP contribution in [0.25, 0.3) is 0 Å². The Bertz CT molecular complexity index is 1520. The summed E-state index contributed by atoms with van der Waals surface area (Å²) >= 11 is 0. The number of hydrogen-bond donors (Lipinski definition) is 2. The van der Waals surface area contributed by atoms with Crippen LogP contribution < -0.4 is 20.3 Å². The van der Waals surface area contributed by atoms with Gasteiger partial charge in [0, 0.05) is 43.0 Å². The van der Waals surface area contributed by atoms with Gasteiger partial charge >= 0.3 is 18.2 Å². The maximum absolute atomic E-state index is 12.7. The summed E-state index contributed by atoms with van der Waals surface area (Å²) < 4.78 is 48.4. The molecule has 0 radical (unpaired) electrons. The van der Waals surface area contributed by atoms with E-state index < -0.39 is 11.7 Å². The first kappa shape index (κ1) is 26.0. The Morgan fingerprint density at radius 1 is 1.05 bits per heavy atom. The Morgan fingerprint density at radius 2 is 1.74 bits per heavy atom. The van der Waals surface area contributed by atoms with E-state index in [0.717, 1.165) is 0 Å². The molecule has 2 N–H and O–H groups in total. The van der Waals surface area contributed by atoms with E-state index in [9.17, 15) is 23.2 Å². The maximum atomic E-state index is 12.7. The predicted molar refractivity (Wildman–Crippen MR) is 127 cm³/mol. The number of alkyl halides is 3. The monoisotopic (exact) mass is 524 g/mol. The summed E-state index contributed by atoms with van der Waals surface area (Å²) in [4.78, 5) is 34.6. The fourth-order valence-corrected chi connectivity index (χ4v) is 3.28. The molecule has 3 aromatic heterocycles. The summed E-state index contributed by atoms with van der Waals surface area (Å²) in [5, 5.41) is 12.6. The second kappa shape index (κ2) is 10.9. The lowest BCUT2D eigenvalue weighted by molar-refractivity contribution is -0.138. The minimum Gasteiger partial charge on any atom is -0.467 e. The fraction of sp³-hybridized carbons (Fsp3) is 0.208. The first-order chi connectivity index (χ1) is 18.2. The lowest BCUT2D eigenvalue weighted by atomic mass is 10.0. The molecular formula is C24H19F3N8O3. The van der Waals surface area contributed by atoms with Crippen LogP contribution in [0.15, 0.2) is 54.0 Å². The lowest BCUT2D eigenvalue weighted by Crippen LogP contribution is -2.18. The van der Waals surface area contributed by atoms with Gasteiger partial charge in [0.25, 0.3) is 5.56 Å². The van der Waals surface area contributed by atoms with E-state index in [0.29, 0.717) is 29.1 Å². The van der Waals surface area contributed by atoms with Gasteiger partial charge in [-0.1, -0.05) is 6.07 Å². The highest BCUT2D eigenvalue weighted by Crippen LogP contribution is 2.30. The number of nitriles is 1. The van der Waals surface area contributed by atoms with Crippen molar-refractivity contribution in [1.82, 2.24) is 29.9 Å². The Kier molecular flexibility index (Phi) is 7.47. The summed E-state index contributed by atoms with van der Waals surface area (Å²) in [5.74, 6) is 0.288. The van der Waals surface area contributed by atoms with Gasteiger partial charge in [0.15, 0.2) is 0 Å². The van der Waals surface area contributed by atoms with Crippen molar-refractivity contribution >= 4 is 5.95 Å². The summed E-state index contributed by atoms with van der Waals surface area (Å²) in [7, 11) is 1.46. The van der Waals surface area contributed by atoms with Crippen molar-refractivity contribution in [3.63, 3.8) is 0 Å². The molecule has 11 nitrogen and oxygen atoms in total. The molecule has 3 heterocycles. The van der Waals surface area contributed by atoms with E-state index in [1.54, 1.807) is 25.4 Å². The molecule has 0 aliphatic heterocycles. The minimum atomic E-state index is -4.58. The molecule has 0 aliphatic rings. The molecule has 194 valence electrons. The standard InChI is InChI=1S/C24H19F3N8O3/c1-13(34-21-29-10-17(20(36)35-21)5-14-8-30-22(37-2)31-9-14)15-3-4-19(16(6-15)7-28)38-23-32-11-18(12-33-23)24(25,26)27/h3-4,6,8-13H,5H2,1-2H3,(H2,29,34,35,36). The van der Waals surface area contributed by atoms with E-state index in [-0.39, 0.29) is 47.3 Å². The number of aromatic amines is 1. The van der Waals surface area contributed by atoms with Crippen molar-refractivity contribution in [1.29, 1.82) is 5.26 Å². The Morgan fingerprint density at radius 3 is 2.34 bits per heavy atom. The summed E-state index contributed by atoms with van der Waals surface area (Å²) in [6.07, 6.45) is 1.45. The van der Waals surface area contributed by atoms with Crippen LogP contribution in [0.3, 0.4) is 0 Å². The normalized spacial score (nSPS) is 11.9. The van der Waals surface area contributed by atoms with Gasteiger partial charge in [0.05, 0.1) is 24.3 Å². The van der Waals surface area contributed by atoms with E-state index in [2.05, 4.69) is 35.2 Å². The molecule has 0 aliphatic carbocycles. The van der Waals surface area contributed by atoms with Gasteiger partial charge in [-0.25, -0.2) is 24.9 Å². The molecule has 0 spiro atoms. The number of rotatable bonds is 8. The first-order valence-corrected chi connectivity index (χ1v) is 11.0. The van der Waals surface area contributed by atoms with Crippen LogP contribution in [-0.4, -0.2) is 37.0 Å². The average Bonchev–Trinajstić information content (AvgIpc) is 2.90. The highest BCUT2D eigenvalue weighted by Gasteiger charge is 2.31. The van der Waals surface area contributed by atoms with Crippen LogP contribution in [0.1, 0.15) is 40.8 Å². The van der Waals surface area contributed by atoms with Crippen LogP contribution in [0, 0.1) is 11.3 Å². The van der Waals surface area contributed by atoms with Crippen molar-refractivity contribution in [2.24, 2.45) is 0 Å². The second-order valence-corrected chi connectivity index (χ2v) is 7.93. The van der Waals surface area contributed by atoms with Gasteiger partial charge in [0.2, 0.25) is 5.95 Å². The van der Waals surface area contributed by atoms with E-state index in [1.165, 1.54) is 25.4 Å². The SMILES string of the molecule is COc1ncc(Cc2cnc(NC(C)c3ccc(Oc4ncc(C(F)(F)F)cn4)c(C#N)c3)[nH]c2=O)cn1. The molecule has 4 aromatic rings. The predicted octanol–water partition coefficient (Wildman–Crippen LogP) is 3.81. The van der Waals surface area contributed by atoms with Crippen molar-refractivity contribution in [3.05, 3.63) is 87.4 Å². The molecule has 38 heavy (non-hydrogen) atoms. The topological polar surface area (TPSA) is 152 Å². The third-order valence-corrected chi connectivity index (χ3v) is 5.27. The number of anilines is 1. The molecule has 0 saturated heterocycles. The quantitative estimate of drug-likeness (QED) is 0.348. The Labute approximate surface area is 213 Å². The third kappa shape index (κ3) is 6.19. The van der Waals surface area contributed by atoms with Gasteiger partial charge < -0.3 is 14.8 Å². The van der Waals surface area contributed by atoms with Crippen LogP contribution in [0.5, 0.6) is 17.8 Å². The summed E-state index contributed by atoms with van der Waals surface area (Å²) in [5.41, 5.74) is 0.525. The Hall–Kier alpha value is -5.06. The highest BCUT2D eigenvalue weighted by molar-refractivity contribution is 5.48. The zero-order valence-electron chi connectivity index (χ0n) is 19.9. The number of methoxy groups -OCH3 is 1. The molecule has 1 atom stereocenters. The summed E-state index contributed by atoms with van der Waals surface area (Å²) in [6, 6.07) is 6.14. The largest absolute Gasteiger partial charge is 0.467 e.